The Bertz CT molecular complexity index is 379. The minimum absolute atomic E-state index is 0.233. The Balaban J connectivity index is 2.89. The van der Waals surface area contributed by atoms with E-state index in [0.717, 1.165) is 12.3 Å². The van der Waals surface area contributed by atoms with Gasteiger partial charge in [0.25, 0.3) is 0 Å². The summed E-state index contributed by atoms with van der Waals surface area (Å²) in [4.78, 5) is 11.1. The van der Waals surface area contributed by atoms with Crippen molar-refractivity contribution >= 4 is 24.2 Å². The molecule has 0 unspecified atom stereocenters. The van der Waals surface area contributed by atoms with Crippen molar-refractivity contribution in [3.63, 3.8) is 0 Å². The fourth-order valence-corrected chi connectivity index (χ4v) is 1.10. The van der Waals surface area contributed by atoms with Crippen LogP contribution in [-0.4, -0.2) is 23.1 Å². The zero-order valence-electron chi connectivity index (χ0n) is 7.92. The normalized spacial score (nSPS) is 10.3. The van der Waals surface area contributed by atoms with Crippen LogP contribution in [0.25, 0.3) is 0 Å². The summed E-state index contributed by atoms with van der Waals surface area (Å²) in [5, 5.41) is 20.5. The molecule has 0 saturated heterocycles. The first-order valence-electron chi connectivity index (χ1n) is 4.29. The van der Waals surface area contributed by atoms with E-state index in [9.17, 15) is 4.79 Å². The summed E-state index contributed by atoms with van der Waals surface area (Å²) in [5.74, 6) is -0.425. The Kier molecular flexibility index (Phi) is 3.90. The highest BCUT2D eigenvalue weighted by Crippen LogP contribution is 2.03. The fraction of sp³-hybridized carbons (Fsp3) is 0. The van der Waals surface area contributed by atoms with Crippen molar-refractivity contribution < 1.29 is 14.8 Å². The SMILES string of the molecule is NC=CC(=O)Nc1ccccc1B(O)O. The molecule has 0 aromatic heterocycles. The standard InChI is InChI=1S/C9H11BN2O3/c11-6-5-9(13)12-8-4-2-1-3-7(8)10(14)15/h1-6,14-15H,11H2,(H,12,13). The molecule has 6 heteroatoms. The second kappa shape index (κ2) is 5.18. The molecule has 0 aliphatic rings. The van der Waals surface area contributed by atoms with Crippen molar-refractivity contribution in [3.8, 4) is 0 Å². The van der Waals surface area contributed by atoms with Gasteiger partial charge in [0.2, 0.25) is 5.91 Å². The lowest BCUT2D eigenvalue weighted by atomic mass is 9.79. The number of benzene rings is 1. The molecular weight excluding hydrogens is 195 g/mol. The van der Waals surface area contributed by atoms with Crippen LogP contribution < -0.4 is 16.5 Å². The van der Waals surface area contributed by atoms with E-state index in [4.69, 9.17) is 15.8 Å². The van der Waals surface area contributed by atoms with Gasteiger partial charge in [0.1, 0.15) is 0 Å². The second-order valence-electron chi connectivity index (χ2n) is 2.81. The van der Waals surface area contributed by atoms with E-state index in [2.05, 4.69) is 5.32 Å². The fourth-order valence-electron chi connectivity index (χ4n) is 1.10. The third-order valence-corrected chi connectivity index (χ3v) is 1.74. The molecule has 78 valence electrons. The lowest BCUT2D eigenvalue weighted by molar-refractivity contribution is -0.111. The Morgan fingerprint density at radius 3 is 2.67 bits per heavy atom. The highest BCUT2D eigenvalue weighted by Gasteiger charge is 2.15. The van der Waals surface area contributed by atoms with Crippen LogP contribution >= 0.6 is 0 Å². The highest BCUT2D eigenvalue weighted by molar-refractivity contribution is 6.60. The lowest BCUT2D eigenvalue weighted by Gasteiger charge is -2.08. The number of nitrogens with two attached hydrogens (primary N) is 1. The van der Waals surface area contributed by atoms with E-state index < -0.39 is 13.0 Å². The topological polar surface area (TPSA) is 95.6 Å². The van der Waals surface area contributed by atoms with Crippen molar-refractivity contribution in [2.24, 2.45) is 5.73 Å². The minimum atomic E-state index is -1.62. The molecule has 15 heavy (non-hydrogen) atoms. The van der Waals surface area contributed by atoms with Gasteiger partial charge in [-0.2, -0.15) is 0 Å². The quantitative estimate of drug-likeness (QED) is 0.368. The van der Waals surface area contributed by atoms with Gasteiger partial charge in [-0.25, -0.2) is 0 Å². The molecule has 0 bridgehead atoms. The molecule has 0 spiro atoms. The number of para-hydroxylation sites is 1. The van der Waals surface area contributed by atoms with Crippen LogP contribution in [0.5, 0.6) is 0 Å². The van der Waals surface area contributed by atoms with Gasteiger partial charge < -0.3 is 21.1 Å². The monoisotopic (exact) mass is 206 g/mol. The molecule has 0 saturated carbocycles. The van der Waals surface area contributed by atoms with Gasteiger partial charge >= 0.3 is 7.12 Å². The third-order valence-electron chi connectivity index (χ3n) is 1.74. The summed E-state index contributed by atoms with van der Waals surface area (Å²) in [7, 11) is -1.62. The van der Waals surface area contributed by atoms with E-state index in [1.807, 2.05) is 0 Å². The predicted molar refractivity (Wildman–Crippen MR) is 58.2 cm³/mol. The zero-order valence-corrected chi connectivity index (χ0v) is 7.92. The summed E-state index contributed by atoms with van der Waals surface area (Å²) >= 11 is 0. The number of carbonyl (C=O) groups is 1. The molecule has 0 radical (unpaired) electrons. The van der Waals surface area contributed by atoms with E-state index in [1.54, 1.807) is 18.2 Å². The predicted octanol–water partition coefficient (Wildman–Crippen LogP) is -1.22. The van der Waals surface area contributed by atoms with Crippen LogP contribution in [0.15, 0.2) is 36.5 Å². The number of amides is 1. The van der Waals surface area contributed by atoms with Crippen LogP contribution in [0.3, 0.4) is 0 Å². The molecule has 1 amide bonds. The van der Waals surface area contributed by atoms with Gasteiger partial charge in [-0.1, -0.05) is 18.2 Å². The third kappa shape index (κ3) is 3.12. The Hall–Kier alpha value is -1.79. The summed E-state index contributed by atoms with van der Waals surface area (Å²) in [6, 6.07) is 6.39. The van der Waals surface area contributed by atoms with E-state index >= 15 is 0 Å². The average Bonchev–Trinajstić information content (AvgIpc) is 2.18. The van der Waals surface area contributed by atoms with Crippen molar-refractivity contribution in [2.75, 3.05) is 5.32 Å². The Morgan fingerprint density at radius 1 is 1.40 bits per heavy atom. The number of rotatable bonds is 3. The lowest BCUT2D eigenvalue weighted by Crippen LogP contribution is -2.33. The molecule has 5 N–H and O–H groups in total. The maximum atomic E-state index is 11.1. The molecule has 0 aliphatic heterocycles. The first-order valence-corrected chi connectivity index (χ1v) is 4.29. The van der Waals surface area contributed by atoms with Gasteiger partial charge in [-0.3, -0.25) is 4.79 Å². The van der Waals surface area contributed by atoms with E-state index in [-0.39, 0.29) is 5.46 Å². The van der Waals surface area contributed by atoms with Gasteiger partial charge in [-0.05, 0) is 12.3 Å². The summed E-state index contributed by atoms with van der Waals surface area (Å²) in [5.41, 5.74) is 5.62. The van der Waals surface area contributed by atoms with Gasteiger partial charge in [0, 0.05) is 17.2 Å². The Morgan fingerprint density at radius 2 is 2.07 bits per heavy atom. The Labute approximate surface area is 87.4 Å². The van der Waals surface area contributed by atoms with Crippen LogP contribution in [0.4, 0.5) is 5.69 Å². The van der Waals surface area contributed by atoms with Crippen LogP contribution in [0.2, 0.25) is 0 Å². The molecule has 0 atom stereocenters. The van der Waals surface area contributed by atoms with Crippen LogP contribution in [-0.2, 0) is 4.79 Å². The van der Waals surface area contributed by atoms with Crippen molar-refractivity contribution in [2.45, 2.75) is 0 Å². The molecular formula is C9H11BN2O3. The summed E-state index contributed by atoms with van der Waals surface area (Å²) < 4.78 is 0. The highest BCUT2D eigenvalue weighted by atomic mass is 16.4. The number of hydrogen-bond acceptors (Lipinski definition) is 4. The number of carbonyl (C=O) groups excluding carboxylic acids is 1. The van der Waals surface area contributed by atoms with Crippen LogP contribution in [0.1, 0.15) is 0 Å². The summed E-state index contributed by atoms with van der Waals surface area (Å²) in [6.45, 7) is 0. The molecule has 1 aromatic carbocycles. The molecule has 0 aliphatic carbocycles. The van der Waals surface area contributed by atoms with E-state index in [0.29, 0.717) is 5.69 Å². The number of hydrogen-bond donors (Lipinski definition) is 4. The van der Waals surface area contributed by atoms with Crippen molar-refractivity contribution in [3.05, 3.63) is 36.5 Å². The summed E-state index contributed by atoms with van der Waals surface area (Å²) in [6.07, 6.45) is 2.24. The van der Waals surface area contributed by atoms with Crippen molar-refractivity contribution in [1.29, 1.82) is 0 Å². The molecule has 0 fully saturated rings. The first kappa shape index (κ1) is 11.3. The minimum Gasteiger partial charge on any atom is -0.423 e. The first-order chi connectivity index (χ1) is 7.15. The van der Waals surface area contributed by atoms with Crippen molar-refractivity contribution in [1.82, 2.24) is 0 Å². The number of anilines is 1. The second-order valence-corrected chi connectivity index (χ2v) is 2.81. The van der Waals surface area contributed by atoms with Gasteiger partial charge in [-0.15, -0.1) is 0 Å². The van der Waals surface area contributed by atoms with Gasteiger partial charge in [0.05, 0.1) is 0 Å². The maximum Gasteiger partial charge on any atom is 0.490 e. The molecule has 1 rings (SSSR count). The van der Waals surface area contributed by atoms with E-state index in [1.165, 1.54) is 6.07 Å². The largest absolute Gasteiger partial charge is 0.490 e. The molecule has 5 nitrogen and oxygen atoms in total. The smallest absolute Gasteiger partial charge is 0.423 e. The molecule has 1 aromatic rings. The van der Waals surface area contributed by atoms with Crippen LogP contribution in [0, 0.1) is 0 Å². The zero-order chi connectivity index (χ0) is 11.3. The average molecular weight is 206 g/mol. The maximum absolute atomic E-state index is 11.1. The number of nitrogens with one attached hydrogen (secondary N) is 1. The molecule has 0 heterocycles. The van der Waals surface area contributed by atoms with Gasteiger partial charge in [0.15, 0.2) is 0 Å².